The van der Waals surface area contributed by atoms with E-state index < -0.39 is 0 Å². The van der Waals surface area contributed by atoms with Gasteiger partial charge in [-0.05, 0) is 122 Å². The Labute approximate surface area is 293 Å². The average Bonchev–Trinajstić information content (AvgIpc) is 3.59. The summed E-state index contributed by atoms with van der Waals surface area (Å²) >= 11 is 1.82. The van der Waals surface area contributed by atoms with Crippen molar-refractivity contribution in [1.29, 1.82) is 0 Å². The van der Waals surface area contributed by atoms with Crippen molar-refractivity contribution < 1.29 is 0 Å². The van der Waals surface area contributed by atoms with Gasteiger partial charge in [0.25, 0.3) is 0 Å². The molecule has 0 bridgehead atoms. The van der Waals surface area contributed by atoms with Gasteiger partial charge in [-0.3, -0.25) is 0 Å². The van der Waals surface area contributed by atoms with Crippen LogP contribution in [0, 0.1) is 0 Å². The second-order valence-electron chi connectivity index (χ2n) is 12.3. The topological polar surface area (TPSA) is 15.3 Å². The number of benzene rings is 1. The molecule has 1 atom stereocenters. The zero-order valence-electron chi connectivity index (χ0n) is 29.1. The molecule has 3 heteroatoms. The third kappa shape index (κ3) is 8.27. The number of allylic oxidation sites excluding steroid dienone is 20. The fourth-order valence-corrected chi connectivity index (χ4v) is 7.74. The van der Waals surface area contributed by atoms with Gasteiger partial charge in [-0.25, -0.2) is 0 Å². The lowest BCUT2D eigenvalue weighted by Gasteiger charge is -2.41. The van der Waals surface area contributed by atoms with Crippen molar-refractivity contribution in [3.05, 3.63) is 178 Å². The molecule has 2 nitrogen and oxygen atoms in total. The van der Waals surface area contributed by atoms with E-state index in [-0.39, 0.29) is 0 Å². The molecule has 3 aliphatic rings. The van der Waals surface area contributed by atoms with Crippen LogP contribution in [-0.2, 0) is 0 Å². The molecule has 2 aromatic rings. The summed E-state index contributed by atoms with van der Waals surface area (Å²) < 4.78 is 0. The maximum Gasteiger partial charge on any atom is 0.0685 e. The highest BCUT2D eigenvalue weighted by Crippen LogP contribution is 2.38. The Bertz CT molecular complexity index is 1820. The summed E-state index contributed by atoms with van der Waals surface area (Å²) in [5.41, 5.74) is 12.3. The van der Waals surface area contributed by atoms with Crippen LogP contribution in [0.5, 0.6) is 0 Å². The Kier molecular flexibility index (Phi) is 12.3. The van der Waals surface area contributed by atoms with Gasteiger partial charge in [0.05, 0.1) is 17.4 Å². The quantitative estimate of drug-likeness (QED) is 0.215. The number of anilines is 2. The number of hydrogen-bond acceptors (Lipinski definition) is 3. The number of thiophene rings is 1. The number of nitrogens with zero attached hydrogens (tertiary/aromatic N) is 1. The molecule has 1 aromatic heterocycles. The van der Waals surface area contributed by atoms with Crippen LogP contribution in [-0.4, -0.2) is 19.1 Å². The molecule has 1 unspecified atom stereocenters. The normalized spacial score (nSPS) is 21.0. The van der Waals surface area contributed by atoms with Gasteiger partial charge in [0.15, 0.2) is 0 Å². The summed E-state index contributed by atoms with van der Waals surface area (Å²) in [5, 5.41) is 3.73. The molecule has 5 rings (SSSR count). The Balaban J connectivity index is 1.33. The van der Waals surface area contributed by atoms with E-state index in [0.29, 0.717) is 6.04 Å². The molecule has 48 heavy (non-hydrogen) atoms. The van der Waals surface area contributed by atoms with Gasteiger partial charge in [0, 0.05) is 22.8 Å². The maximum absolute atomic E-state index is 4.54. The molecule has 1 aromatic carbocycles. The Morgan fingerprint density at radius 2 is 1.58 bits per heavy atom. The standard InChI is InChI=1S/C45H50N2S/c1-7-17-36(9-3)44-28-29-45(48-44)37(10-4)27-25-33(5)35(8-2)26-24-34(6)38-18-11-12-19-39-20-13-14-21-40(39)43-32-46-41-22-15-16-23-42(41)47(43)31-30-38/h7-13,15-17,20,22-30,43,46H,5-6,14,18-19,21,31-32H2,1-4H3/b12-11-,17-7-,26-24-,27-25-,35-8+,36-9+,37-10+,38-30+. The zero-order chi connectivity index (χ0) is 33.9. The fraction of sp³-hybridized carbons (Fsp3) is 0.244. The lowest BCUT2D eigenvalue weighted by molar-refractivity contribution is 0.656. The lowest BCUT2D eigenvalue weighted by atomic mass is 9.88. The molecule has 0 saturated heterocycles. The number of nitrogens with one attached hydrogen (secondary N) is 1. The van der Waals surface area contributed by atoms with Gasteiger partial charge < -0.3 is 10.2 Å². The van der Waals surface area contributed by atoms with Gasteiger partial charge in [-0.2, -0.15) is 0 Å². The SMILES string of the molecule is C=C(/C=C\C(=C/C)c1ccc(C(/C=C\C)=C/C)s1)C(/C=C\C(=C)/C1=C/CN2c3ccccc3NCC2C2=C(C=CCC2)C/C=C\C1)=C/C. The smallest absolute Gasteiger partial charge is 0.0685 e. The molecule has 0 fully saturated rings. The minimum atomic E-state index is 0.332. The average molecular weight is 651 g/mol. The lowest BCUT2D eigenvalue weighted by Crippen LogP contribution is -2.46. The molecule has 1 N–H and O–H groups in total. The first-order chi connectivity index (χ1) is 23.5. The van der Waals surface area contributed by atoms with E-state index in [9.17, 15) is 0 Å². The van der Waals surface area contributed by atoms with Gasteiger partial charge in [0.2, 0.25) is 0 Å². The molecular weight excluding hydrogens is 601 g/mol. The van der Waals surface area contributed by atoms with Crippen LogP contribution in [0.2, 0.25) is 0 Å². The Morgan fingerprint density at radius 3 is 2.33 bits per heavy atom. The third-order valence-electron chi connectivity index (χ3n) is 9.33. The summed E-state index contributed by atoms with van der Waals surface area (Å²) in [6, 6.07) is 13.5. The molecule has 1 aliphatic carbocycles. The van der Waals surface area contributed by atoms with Crippen molar-refractivity contribution in [2.24, 2.45) is 0 Å². The van der Waals surface area contributed by atoms with Crippen molar-refractivity contribution >= 4 is 33.9 Å². The highest BCUT2D eigenvalue weighted by Gasteiger charge is 2.30. The van der Waals surface area contributed by atoms with Crippen LogP contribution in [0.1, 0.15) is 63.1 Å². The van der Waals surface area contributed by atoms with E-state index >= 15 is 0 Å². The monoisotopic (exact) mass is 650 g/mol. The highest BCUT2D eigenvalue weighted by molar-refractivity contribution is 7.14. The summed E-state index contributed by atoms with van der Waals surface area (Å²) in [7, 11) is 0. The van der Waals surface area contributed by atoms with Crippen molar-refractivity contribution in [2.75, 3.05) is 23.3 Å². The summed E-state index contributed by atoms with van der Waals surface area (Å²) in [6.45, 7) is 19.0. The van der Waals surface area contributed by atoms with Crippen molar-refractivity contribution in [2.45, 2.75) is 59.4 Å². The van der Waals surface area contributed by atoms with Crippen LogP contribution >= 0.6 is 11.3 Å². The van der Waals surface area contributed by atoms with E-state index in [1.54, 1.807) is 5.57 Å². The summed E-state index contributed by atoms with van der Waals surface area (Å²) in [5.74, 6) is 0. The number of fused-ring (bicyclic) bond motifs is 4. The van der Waals surface area contributed by atoms with Gasteiger partial charge >= 0.3 is 0 Å². The van der Waals surface area contributed by atoms with E-state index in [2.05, 4.69) is 173 Å². The van der Waals surface area contributed by atoms with E-state index in [1.165, 1.54) is 43.4 Å². The first kappa shape index (κ1) is 34.7. The fourth-order valence-electron chi connectivity index (χ4n) is 6.62. The largest absolute Gasteiger partial charge is 0.381 e. The molecule has 246 valence electrons. The van der Waals surface area contributed by atoms with Crippen LogP contribution in [0.25, 0.3) is 11.1 Å². The summed E-state index contributed by atoms with van der Waals surface area (Å²) in [4.78, 5) is 5.12. The minimum Gasteiger partial charge on any atom is -0.381 e. The first-order valence-corrected chi connectivity index (χ1v) is 18.1. The third-order valence-corrected chi connectivity index (χ3v) is 10.5. The number of para-hydroxylation sites is 2. The van der Waals surface area contributed by atoms with E-state index in [1.807, 2.05) is 11.3 Å². The Hall–Kier alpha value is -4.60. The highest BCUT2D eigenvalue weighted by atomic mass is 32.1. The number of hydrogen-bond donors (Lipinski definition) is 1. The van der Waals surface area contributed by atoms with Crippen molar-refractivity contribution in [3.8, 4) is 0 Å². The number of rotatable bonds is 9. The molecule has 0 amide bonds. The van der Waals surface area contributed by atoms with Crippen molar-refractivity contribution in [3.63, 3.8) is 0 Å². The van der Waals surface area contributed by atoms with Crippen LogP contribution in [0.3, 0.4) is 0 Å². The van der Waals surface area contributed by atoms with Crippen LogP contribution in [0.15, 0.2) is 168 Å². The minimum absolute atomic E-state index is 0.332. The molecule has 0 radical (unpaired) electrons. The van der Waals surface area contributed by atoms with E-state index in [4.69, 9.17) is 0 Å². The predicted molar refractivity (Wildman–Crippen MR) is 215 cm³/mol. The molecule has 0 saturated carbocycles. The second-order valence-corrected chi connectivity index (χ2v) is 13.4. The van der Waals surface area contributed by atoms with Crippen molar-refractivity contribution in [1.82, 2.24) is 0 Å². The molecular formula is C45H50N2S. The summed E-state index contributed by atoms with van der Waals surface area (Å²) in [6.07, 6.45) is 35.1. The van der Waals surface area contributed by atoms with Gasteiger partial charge in [-0.15, -0.1) is 11.3 Å². The predicted octanol–water partition coefficient (Wildman–Crippen LogP) is 12.5. The molecule has 2 aliphatic heterocycles. The Morgan fingerprint density at radius 1 is 0.833 bits per heavy atom. The van der Waals surface area contributed by atoms with Gasteiger partial charge in [-0.1, -0.05) is 110 Å². The zero-order valence-corrected chi connectivity index (χ0v) is 30.0. The van der Waals surface area contributed by atoms with E-state index in [0.717, 1.165) is 55.5 Å². The second kappa shape index (κ2) is 17.0. The molecule has 0 spiro atoms. The van der Waals surface area contributed by atoms with Crippen LogP contribution in [0.4, 0.5) is 11.4 Å². The van der Waals surface area contributed by atoms with Crippen LogP contribution < -0.4 is 10.2 Å². The molecule has 3 heterocycles. The first-order valence-electron chi connectivity index (χ1n) is 17.3. The van der Waals surface area contributed by atoms with Gasteiger partial charge in [0.1, 0.15) is 0 Å². The maximum atomic E-state index is 4.54.